The molecule has 0 radical (unpaired) electrons. The summed E-state index contributed by atoms with van der Waals surface area (Å²) in [6, 6.07) is 0. The number of hydrogen-bond acceptors (Lipinski definition) is 5. The van der Waals surface area contributed by atoms with Crippen molar-refractivity contribution in [1.82, 2.24) is 5.32 Å². The van der Waals surface area contributed by atoms with Crippen LogP contribution in [0.4, 0.5) is 0 Å². The summed E-state index contributed by atoms with van der Waals surface area (Å²) in [4.78, 5) is 19.5. The summed E-state index contributed by atoms with van der Waals surface area (Å²) < 4.78 is 0. The van der Waals surface area contributed by atoms with Gasteiger partial charge in [-0.05, 0) is 0 Å². The number of rotatable bonds is 3. The van der Waals surface area contributed by atoms with Gasteiger partial charge in [0.1, 0.15) is 0 Å². The average molecular weight is 193 g/mol. The number of aliphatic carboxylic acids is 2. The number of carboxylic acid groups (broad SMARTS) is 2. The first kappa shape index (κ1) is 11.8. The van der Waals surface area contributed by atoms with Gasteiger partial charge < -0.3 is 25.7 Å². The minimum atomic E-state index is -2.27. The molecule has 76 valence electrons. The molecule has 1 saturated heterocycles. The summed E-state index contributed by atoms with van der Waals surface area (Å²) in [5, 5.41) is 35.5. The molecule has 2 atom stereocenters. The van der Waals surface area contributed by atoms with Gasteiger partial charge in [0.15, 0.2) is 12.2 Å². The second-order valence-corrected chi connectivity index (χ2v) is 2.32. The van der Waals surface area contributed by atoms with E-state index in [1.54, 1.807) is 0 Å². The van der Waals surface area contributed by atoms with E-state index in [-0.39, 0.29) is 0 Å². The molecule has 1 heterocycles. The van der Waals surface area contributed by atoms with E-state index in [1.165, 1.54) is 13.1 Å². The van der Waals surface area contributed by atoms with Gasteiger partial charge in [-0.1, -0.05) is 0 Å². The molecule has 0 amide bonds. The smallest absolute Gasteiger partial charge is 0.335 e. The van der Waals surface area contributed by atoms with Crippen molar-refractivity contribution >= 4 is 11.9 Å². The molecule has 0 bridgehead atoms. The molecular formula is C6H11NO6. The summed E-state index contributed by atoms with van der Waals surface area (Å²) in [6.07, 6.45) is -4.53. The molecule has 2 unspecified atom stereocenters. The molecule has 1 aliphatic rings. The Morgan fingerprint density at radius 1 is 1.00 bits per heavy atom. The standard InChI is InChI=1S/C4H6O6.C2H5N/c5-1(3(7)8)2(6)4(9)10;1-2-3-1/h1-2,5-6H,(H,7,8)(H,9,10);3H,1-2H2. The molecule has 1 fully saturated rings. The topological polar surface area (TPSA) is 137 Å². The van der Waals surface area contributed by atoms with E-state index in [1.807, 2.05) is 0 Å². The quantitative estimate of drug-likeness (QED) is 0.311. The Morgan fingerprint density at radius 3 is 1.31 bits per heavy atom. The number of carboxylic acids is 2. The first-order valence-electron chi connectivity index (χ1n) is 3.49. The number of nitrogens with one attached hydrogen (secondary N) is 1. The van der Waals surface area contributed by atoms with E-state index in [0.29, 0.717) is 0 Å². The van der Waals surface area contributed by atoms with Gasteiger partial charge in [0.25, 0.3) is 0 Å². The third-order valence-corrected chi connectivity index (χ3v) is 1.06. The van der Waals surface area contributed by atoms with Crippen LogP contribution in [0.1, 0.15) is 0 Å². The van der Waals surface area contributed by atoms with Crippen LogP contribution in [0.15, 0.2) is 0 Å². The van der Waals surface area contributed by atoms with Crippen LogP contribution in [0.5, 0.6) is 0 Å². The molecule has 0 saturated carbocycles. The first-order chi connectivity index (χ1) is 5.96. The van der Waals surface area contributed by atoms with E-state index in [0.717, 1.165) is 0 Å². The molecule has 0 aromatic heterocycles. The summed E-state index contributed by atoms with van der Waals surface area (Å²) in [5.41, 5.74) is 0. The summed E-state index contributed by atoms with van der Waals surface area (Å²) in [5.74, 6) is -3.54. The predicted molar refractivity (Wildman–Crippen MR) is 40.2 cm³/mol. The van der Waals surface area contributed by atoms with Crippen LogP contribution in [0, 0.1) is 0 Å². The predicted octanol–water partition coefficient (Wildman–Crippen LogP) is -2.53. The molecule has 13 heavy (non-hydrogen) atoms. The monoisotopic (exact) mass is 193 g/mol. The van der Waals surface area contributed by atoms with Crippen LogP contribution in [0.3, 0.4) is 0 Å². The fraction of sp³-hybridized carbons (Fsp3) is 0.667. The molecule has 0 spiro atoms. The van der Waals surface area contributed by atoms with Gasteiger partial charge in [0.2, 0.25) is 0 Å². The van der Waals surface area contributed by atoms with Crippen LogP contribution < -0.4 is 5.32 Å². The highest BCUT2D eigenvalue weighted by Crippen LogP contribution is 1.92. The van der Waals surface area contributed by atoms with Crippen molar-refractivity contribution < 1.29 is 30.0 Å². The fourth-order valence-electron chi connectivity index (χ4n) is 0.270. The second-order valence-electron chi connectivity index (χ2n) is 2.32. The van der Waals surface area contributed by atoms with E-state index >= 15 is 0 Å². The van der Waals surface area contributed by atoms with Gasteiger partial charge in [-0.25, -0.2) is 9.59 Å². The highest BCUT2D eigenvalue weighted by molar-refractivity contribution is 5.82. The van der Waals surface area contributed by atoms with Crippen molar-refractivity contribution in [3.8, 4) is 0 Å². The van der Waals surface area contributed by atoms with Crippen LogP contribution in [0.25, 0.3) is 0 Å². The average Bonchev–Trinajstić information content (AvgIpc) is 2.86. The molecule has 1 rings (SSSR count). The maximum absolute atomic E-state index is 9.77. The molecule has 1 aliphatic heterocycles. The van der Waals surface area contributed by atoms with Crippen molar-refractivity contribution in [3.63, 3.8) is 0 Å². The minimum Gasteiger partial charge on any atom is -0.479 e. The lowest BCUT2D eigenvalue weighted by Crippen LogP contribution is -2.39. The van der Waals surface area contributed by atoms with Crippen LogP contribution >= 0.6 is 0 Å². The Hall–Kier alpha value is -1.18. The van der Waals surface area contributed by atoms with Gasteiger partial charge in [-0.3, -0.25) is 0 Å². The SMILES string of the molecule is C1CN1.O=C(O)C(O)C(O)C(=O)O. The molecule has 7 heteroatoms. The Labute approximate surface area is 73.6 Å². The minimum absolute atomic E-state index is 1.25. The zero-order valence-corrected chi connectivity index (χ0v) is 6.67. The maximum Gasteiger partial charge on any atom is 0.335 e. The highest BCUT2D eigenvalue weighted by Gasteiger charge is 2.29. The lowest BCUT2D eigenvalue weighted by Gasteiger charge is -2.07. The van der Waals surface area contributed by atoms with Crippen molar-refractivity contribution in [2.24, 2.45) is 0 Å². The molecule has 0 aromatic rings. The second kappa shape index (κ2) is 5.46. The van der Waals surface area contributed by atoms with Gasteiger partial charge in [0, 0.05) is 13.1 Å². The Balaban J connectivity index is 0.000000396. The molecule has 7 nitrogen and oxygen atoms in total. The largest absolute Gasteiger partial charge is 0.479 e. The highest BCUT2D eigenvalue weighted by atomic mass is 16.4. The third kappa shape index (κ3) is 6.02. The lowest BCUT2D eigenvalue weighted by molar-refractivity contribution is -0.165. The molecular weight excluding hydrogens is 182 g/mol. The molecule has 0 aliphatic carbocycles. The summed E-state index contributed by atoms with van der Waals surface area (Å²) >= 11 is 0. The van der Waals surface area contributed by atoms with Crippen LogP contribution in [-0.4, -0.2) is 57.7 Å². The van der Waals surface area contributed by atoms with Gasteiger partial charge in [-0.2, -0.15) is 0 Å². The fourth-order valence-corrected chi connectivity index (χ4v) is 0.270. The van der Waals surface area contributed by atoms with E-state index in [9.17, 15) is 9.59 Å². The first-order valence-corrected chi connectivity index (χ1v) is 3.49. The van der Waals surface area contributed by atoms with Crippen LogP contribution in [0.2, 0.25) is 0 Å². The number of aliphatic hydroxyl groups excluding tert-OH is 2. The van der Waals surface area contributed by atoms with E-state index in [4.69, 9.17) is 20.4 Å². The van der Waals surface area contributed by atoms with Crippen molar-refractivity contribution in [2.75, 3.05) is 13.1 Å². The van der Waals surface area contributed by atoms with Crippen molar-refractivity contribution in [3.05, 3.63) is 0 Å². The van der Waals surface area contributed by atoms with E-state index in [2.05, 4.69) is 5.32 Å². The zero-order valence-electron chi connectivity index (χ0n) is 6.67. The van der Waals surface area contributed by atoms with Crippen molar-refractivity contribution in [1.29, 1.82) is 0 Å². The normalized spacial score (nSPS) is 17.7. The van der Waals surface area contributed by atoms with E-state index < -0.39 is 24.1 Å². The lowest BCUT2D eigenvalue weighted by atomic mass is 10.2. The van der Waals surface area contributed by atoms with Crippen LogP contribution in [-0.2, 0) is 9.59 Å². The number of aliphatic hydroxyl groups is 2. The summed E-state index contributed by atoms with van der Waals surface area (Å²) in [6.45, 7) is 2.50. The zero-order chi connectivity index (χ0) is 10.4. The molecule has 5 N–H and O–H groups in total. The third-order valence-electron chi connectivity index (χ3n) is 1.06. The Morgan fingerprint density at radius 2 is 1.23 bits per heavy atom. The van der Waals surface area contributed by atoms with Gasteiger partial charge >= 0.3 is 11.9 Å². The van der Waals surface area contributed by atoms with Gasteiger partial charge in [-0.15, -0.1) is 0 Å². The summed E-state index contributed by atoms with van der Waals surface area (Å²) in [7, 11) is 0. The maximum atomic E-state index is 9.77. The van der Waals surface area contributed by atoms with Crippen molar-refractivity contribution in [2.45, 2.75) is 12.2 Å². The number of carbonyl (C=O) groups is 2. The molecule has 0 aromatic carbocycles. The number of hydrogen-bond donors (Lipinski definition) is 5. The Bertz CT molecular complexity index is 171. The Kier molecular flexibility index (Phi) is 4.97. The van der Waals surface area contributed by atoms with Gasteiger partial charge in [0.05, 0.1) is 0 Å².